The molecule has 0 aliphatic carbocycles. The summed E-state index contributed by atoms with van der Waals surface area (Å²) in [6.07, 6.45) is 6.21. The number of aromatic amines is 1. The van der Waals surface area contributed by atoms with E-state index in [0.717, 1.165) is 24.1 Å². The van der Waals surface area contributed by atoms with Crippen LogP contribution in [0.5, 0.6) is 0 Å². The number of likely N-dealkylation sites (tertiary alicyclic amines) is 1. The predicted octanol–water partition coefficient (Wildman–Crippen LogP) is 3.06. The molecule has 0 unspecified atom stereocenters. The van der Waals surface area contributed by atoms with Gasteiger partial charge in [0, 0.05) is 24.8 Å². The van der Waals surface area contributed by atoms with Crippen molar-refractivity contribution >= 4 is 17.7 Å². The third kappa shape index (κ3) is 5.06. The number of pyridine rings is 1. The van der Waals surface area contributed by atoms with Crippen LogP contribution in [0.25, 0.3) is 11.3 Å². The molecule has 0 radical (unpaired) electrons. The summed E-state index contributed by atoms with van der Waals surface area (Å²) in [6.45, 7) is 6.47. The molecule has 27 heavy (non-hydrogen) atoms. The lowest BCUT2D eigenvalue weighted by Crippen LogP contribution is -2.45. The molecule has 8 nitrogen and oxygen atoms in total. The highest BCUT2D eigenvalue weighted by Gasteiger charge is 2.31. The number of anilines is 1. The van der Waals surface area contributed by atoms with Crippen LogP contribution in [0.2, 0.25) is 0 Å². The number of piperidine rings is 1. The van der Waals surface area contributed by atoms with Gasteiger partial charge < -0.3 is 15.0 Å². The summed E-state index contributed by atoms with van der Waals surface area (Å²) in [5.74, 6) is -0.374. The van der Waals surface area contributed by atoms with Crippen LogP contribution in [-0.2, 0) is 9.53 Å². The van der Waals surface area contributed by atoms with Crippen molar-refractivity contribution in [3.8, 4) is 11.3 Å². The Labute approximate surface area is 158 Å². The monoisotopic (exact) mass is 371 g/mol. The molecule has 1 aliphatic heterocycles. The van der Waals surface area contributed by atoms with Gasteiger partial charge in [0.05, 0.1) is 29.7 Å². The summed E-state index contributed by atoms with van der Waals surface area (Å²) in [6, 6.07) is 3.63. The van der Waals surface area contributed by atoms with Crippen LogP contribution in [0.1, 0.15) is 33.6 Å². The first-order valence-electron chi connectivity index (χ1n) is 9.06. The van der Waals surface area contributed by atoms with Gasteiger partial charge in [-0.15, -0.1) is 0 Å². The number of carbonyl (C=O) groups is 2. The van der Waals surface area contributed by atoms with Crippen molar-refractivity contribution in [3.63, 3.8) is 0 Å². The van der Waals surface area contributed by atoms with Crippen LogP contribution in [0.4, 0.5) is 10.5 Å². The molecule has 144 valence electrons. The third-order valence-electron chi connectivity index (χ3n) is 4.27. The quantitative estimate of drug-likeness (QED) is 0.864. The molecule has 1 aliphatic rings. The van der Waals surface area contributed by atoms with E-state index in [2.05, 4.69) is 20.5 Å². The van der Waals surface area contributed by atoms with Crippen molar-refractivity contribution in [1.82, 2.24) is 20.1 Å². The zero-order valence-electron chi connectivity index (χ0n) is 15.9. The molecule has 1 atom stereocenters. The van der Waals surface area contributed by atoms with Crippen molar-refractivity contribution in [3.05, 3.63) is 30.7 Å². The number of nitrogens with zero attached hydrogens (tertiary/aromatic N) is 3. The number of nitrogens with one attached hydrogen (secondary N) is 2. The van der Waals surface area contributed by atoms with Crippen LogP contribution in [-0.4, -0.2) is 50.8 Å². The smallest absolute Gasteiger partial charge is 0.410 e. The first-order valence-corrected chi connectivity index (χ1v) is 9.06. The van der Waals surface area contributed by atoms with E-state index >= 15 is 0 Å². The Bertz CT molecular complexity index is 781. The van der Waals surface area contributed by atoms with Crippen LogP contribution in [0.15, 0.2) is 30.7 Å². The van der Waals surface area contributed by atoms with Crippen LogP contribution < -0.4 is 5.32 Å². The van der Waals surface area contributed by atoms with Crippen molar-refractivity contribution in [1.29, 1.82) is 0 Å². The Hall–Kier alpha value is -2.90. The second-order valence-corrected chi connectivity index (χ2v) is 7.67. The van der Waals surface area contributed by atoms with Crippen LogP contribution in [0, 0.1) is 5.92 Å². The zero-order chi connectivity index (χ0) is 19.4. The second kappa shape index (κ2) is 7.77. The largest absolute Gasteiger partial charge is 0.444 e. The number of hydrogen-bond acceptors (Lipinski definition) is 5. The molecule has 2 aromatic rings. The number of rotatable bonds is 3. The van der Waals surface area contributed by atoms with Gasteiger partial charge in [0.1, 0.15) is 5.60 Å². The number of H-pyrrole nitrogens is 1. The van der Waals surface area contributed by atoms with E-state index in [1.165, 1.54) is 0 Å². The molecule has 0 aromatic carbocycles. The maximum Gasteiger partial charge on any atom is 0.410 e. The van der Waals surface area contributed by atoms with Gasteiger partial charge in [-0.25, -0.2) is 4.79 Å². The Morgan fingerprint density at radius 1 is 1.30 bits per heavy atom. The summed E-state index contributed by atoms with van der Waals surface area (Å²) in [7, 11) is 0. The average molecular weight is 371 g/mol. The Balaban J connectivity index is 1.58. The minimum atomic E-state index is -0.547. The number of ether oxygens (including phenoxy) is 1. The fourth-order valence-electron chi connectivity index (χ4n) is 2.96. The Morgan fingerprint density at radius 2 is 2.11 bits per heavy atom. The van der Waals surface area contributed by atoms with Crippen molar-refractivity contribution in [2.24, 2.45) is 5.92 Å². The minimum absolute atomic E-state index is 0.110. The molecule has 2 N–H and O–H groups in total. The number of aromatic nitrogens is 3. The van der Waals surface area contributed by atoms with E-state index in [1.54, 1.807) is 23.5 Å². The predicted molar refractivity (Wildman–Crippen MR) is 101 cm³/mol. The molecule has 1 fully saturated rings. The van der Waals surface area contributed by atoms with E-state index in [4.69, 9.17) is 4.74 Å². The van der Waals surface area contributed by atoms with Crippen molar-refractivity contribution in [2.45, 2.75) is 39.2 Å². The maximum absolute atomic E-state index is 12.6. The molecule has 0 saturated carbocycles. The van der Waals surface area contributed by atoms with Crippen molar-refractivity contribution < 1.29 is 14.3 Å². The van der Waals surface area contributed by atoms with E-state index in [-0.39, 0.29) is 17.9 Å². The number of amides is 2. The molecule has 1 saturated heterocycles. The molecule has 2 aromatic heterocycles. The average Bonchev–Trinajstić information content (AvgIpc) is 3.16. The maximum atomic E-state index is 12.6. The van der Waals surface area contributed by atoms with Crippen LogP contribution >= 0.6 is 0 Å². The zero-order valence-corrected chi connectivity index (χ0v) is 15.9. The lowest BCUT2D eigenvalue weighted by molar-refractivity contribution is -0.121. The molecule has 0 bridgehead atoms. The summed E-state index contributed by atoms with van der Waals surface area (Å²) >= 11 is 0. The number of hydrogen-bond donors (Lipinski definition) is 2. The van der Waals surface area contributed by atoms with Gasteiger partial charge in [0.15, 0.2) is 0 Å². The van der Waals surface area contributed by atoms with Gasteiger partial charge in [-0.05, 0) is 45.7 Å². The summed E-state index contributed by atoms with van der Waals surface area (Å²) in [5, 5.41) is 9.53. The summed E-state index contributed by atoms with van der Waals surface area (Å²) < 4.78 is 5.41. The van der Waals surface area contributed by atoms with E-state index in [9.17, 15) is 9.59 Å². The molecule has 3 heterocycles. The van der Waals surface area contributed by atoms with E-state index in [1.807, 2.05) is 32.9 Å². The first-order chi connectivity index (χ1) is 12.8. The van der Waals surface area contributed by atoms with Gasteiger partial charge in [-0.1, -0.05) is 0 Å². The number of carbonyl (C=O) groups excluding carboxylic acids is 2. The highest BCUT2D eigenvalue weighted by molar-refractivity contribution is 5.93. The SMILES string of the molecule is CC(C)(C)OC(=O)N1CCC[C@H](C(=O)Nc2ccc(-c3cn[nH]c3)nc2)C1. The van der Waals surface area contributed by atoms with Gasteiger partial charge in [0.25, 0.3) is 0 Å². The lowest BCUT2D eigenvalue weighted by atomic mass is 9.97. The lowest BCUT2D eigenvalue weighted by Gasteiger charge is -2.33. The Kier molecular flexibility index (Phi) is 5.43. The van der Waals surface area contributed by atoms with E-state index < -0.39 is 5.60 Å². The molecule has 2 amide bonds. The topological polar surface area (TPSA) is 100 Å². The van der Waals surface area contributed by atoms with E-state index in [0.29, 0.717) is 18.8 Å². The van der Waals surface area contributed by atoms with Gasteiger partial charge in [-0.2, -0.15) is 5.10 Å². The van der Waals surface area contributed by atoms with Gasteiger partial charge >= 0.3 is 6.09 Å². The highest BCUT2D eigenvalue weighted by Crippen LogP contribution is 2.22. The Morgan fingerprint density at radius 3 is 2.74 bits per heavy atom. The standard InChI is InChI=1S/C19H25N5O3/c1-19(2,3)27-18(26)24-8-4-5-13(12-24)17(25)23-15-6-7-16(20-11-15)14-9-21-22-10-14/h6-7,9-11,13H,4-5,8,12H2,1-3H3,(H,21,22)(H,23,25)/t13-/m0/s1. The minimum Gasteiger partial charge on any atom is -0.444 e. The van der Waals surface area contributed by atoms with Crippen LogP contribution in [0.3, 0.4) is 0 Å². The highest BCUT2D eigenvalue weighted by atomic mass is 16.6. The normalized spacial score (nSPS) is 17.4. The molecular formula is C19H25N5O3. The van der Waals surface area contributed by atoms with Gasteiger partial charge in [-0.3, -0.25) is 14.9 Å². The molecule has 0 spiro atoms. The third-order valence-corrected chi connectivity index (χ3v) is 4.27. The first kappa shape index (κ1) is 18.9. The second-order valence-electron chi connectivity index (χ2n) is 7.67. The molecule has 8 heteroatoms. The van der Waals surface area contributed by atoms with Crippen molar-refractivity contribution in [2.75, 3.05) is 18.4 Å². The molecular weight excluding hydrogens is 346 g/mol. The summed E-state index contributed by atoms with van der Waals surface area (Å²) in [4.78, 5) is 30.8. The van der Waals surface area contributed by atoms with Gasteiger partial charge in [0.2, 0.25) is 5.91 Å². The summed E-state index contributed by atoms with van der Waals surface area (Å²) in [5.41, 5.74) is 1.74. The molecule has 3 rings (SSSR count). The fourth-order valence-corrected chi connectivity index (χ4v) is 2.96. The fraction of sp³-hybridized carbons (Fsp3) is 0.474.